The molecule has 1 aromatic carbocycles. The summed E-state index contributed by atoms with van der Waals surface area (Å²) in [4.78, 5) is 1.95. The van der Waals surface area contributed by atoms with Crippen LogP contribution in [-0.2, 0) is 14.8 Å². The SMILES string of the molecule is Nc1cc(F)cc(S(=O)(=O)NCCN2CCOCC2)c1. The number of rotatable bonds is 5. The number of benzene rings is 1. The van der Waals surface area contributed by atoms with Crippen LogP contribution in [0.2, 0.25) is 0 Å². The van der Waals surface area contributed by atoms with Crippen LogP contribution in [0.4, 0.5) is 10.1 Å². The number of ether oxygens (including phenoxy) is 1. The highest BCUT2D eigenvalue weighted by atomic mass is 32.2. The molecule has 0 radical (unpaired) electrons. The molecule has 0 saturated carbocycles. The Kier molecular flexibility index (Phi) is 4.92. The van der Waals surface area contributed by atoms with Gasteiger partial charge in [0.05, 0.1) is 18.1 Å². The van der Waals surface area contributed by atoms with E-state index in [2.05, 4.69) is 9.62 Å². The number of nitrogen functional groups attached to an aromatic ring is 1. The molecule has 1 aliphatic rings. The number of anilines is 1. The van der Waals surface area contributed by atoms with E-state index >= 15 is 0 Å². The molecule has 112 valence electrons. The molecule has 0 aliphatic carbocycles. The fourth-order valence-electron chi connectivity index (χ4n) is 1.99. The second kappa shape index (κ2) is 6.49. The van der Waals surface area contributed by atoms with Crippen molar-refractivity contribution < 1.29 is 17.5 Å². The van der Waals surface area contributed by atoms with Gasteiger partial charge in [0.1, 0.15) is 5.82 Å². The summed E-state index contributed by atoms with van der Waals surface area (Å²) < 4.78 is 44.8. The van der Waals surface area contributed by atoms with Crippen LogP contribution in [0.15, 0.2) is 23.1 Å². The minimum Gasteiger partial charge on any atom is -0.399 e. The first-order chi connectivity index (χ1) is 9.47. The highest BCUT2D eigenvalue weighted by molar-refractivity contribution is 7.89. The Balaban J connectivity index is 1.93. The van der Waals surface area contributed by atoms with Crippen molar-refractivity contribution in [3.05, 3.63) is 24.0 Å². The summed E-state index contributed by atoms with van der Waals surface area (Å²) in [7, 11) is -3.73. The van der Waals surface area contributed by atoms with Gasteiger partial charge >= 0.3 is 0 Å². The van der Waals surface area contributed by atoms with Gasteiger partial charge < -0.3 is 10.5 Å². The maximum atomic E-state index is 13.2. The van der Waals surface area contributed by atoms with Crippen LogP contribution in [0.25, 0.3) is 0 Å². The molecule has 1 aliphatic heterocycles. The molecule has 0 bridgehead atoms. The Hall–Kier alpha value is -1.22. The molecule has 0 spiro atoms. The van der Waals surface area contributed by atoms with Crippen LogP contribution < -0.4 is 10.5 Å². The number of morpholine rings is 1. The molecule has 0 aromatic heterocycles. The first-order valence-corrected chi connectivity index (χ1v) is 7.81. The van der Waals surface area contributed by atoms with Crippen LogP contribution in [0.5, 0.6) is 0 Å². The van der Waals surface area contributed by atoms with Crippen LogP contribution in [0.3, 0.4) is 0 Å². The van der Waals surface area contributed by atoms with E-state index in [-0.39, 0.29) is 17.1 Å². The second-order valence-corrected chi connectivity index (χ2v) is 6.34. The largest absolute Gasteiger partial charge is 0.399 e. The van der Waals surface area contributed by atoms with Crippen LogP contribution in [0.1, 0.15) is 0 Å². The Morgan fingerprint density at radius 1 is 1.30 bits per heavy atom. The molecule has 0 atom stereocenters. The zero-order chi connectivity index (χ0) is 14.6. The molecule has 8 heteroatoms. The minimum atomic E-state index is -3.73. The summed E-state index contributed by atoms with van der Waals surface area (Å²) in [5.41, 5.74) is 5.53. The Bertz CT molecular complexity index is 539. The number of nitrogens with two attached hydrogens (primary N) is 1. The lowest BCUT2D eigenvalue weighted by molar-refractivity contribution is 0.0390. The monoisotopic (exact) mass is 303 g/mol. The topological polar surface area (TPSA) is 84.7 Å². The standard InChI is InChI=1S/C12H18FN3O3S/c13-10-7-11(14)9-12(8-10)20(17,18)15-1-2-16-3-5-19-6-4-16/h7-9,15H,1-6,14H2. The van der Waals surface area contributed by atoms with E-state index in [4.69, 9.17) is 10.5 Å². The third-order valence-corrected chi connectivity index (χ3v) is 4.47. The number of hydrogen-bond donors (Lipinski definition) is 2. The normalized spacial score (nSPS) is 17.2. The quantitative estimate of drug-likeness (QED) is 0.749. The van der Waals surface area contributed by atoms with Crippen molar-refractivity contribution in [1.29, 1.82) is 0 Å². The van der Waals surface area contributed by atoms with Gasteiger partial charge in [-0.05, 0) is 18.2 Å². The van der Waals surface area contributed by atoms with E-state index in [0.717, 1.165) is 25.2 Å². The van der Waals surface area contributed by atoms with Crippen molar-refractivity contribution in [1.82, 2.24) is 9.62 Å². The highest BCUT2D eigenvalue weighted by Gasteiger charge is 2.16. The van der Waals surface area contributed by atoms with E-state index in [9.17, 15) is 12.8 Å². The Labute approximate surface area is 117 Å². The van der Waals surface area contributed by atoms with Gasteiger partial charge in [0, 0.05) is 31.9 Å². The first kappa shape index (κ1) is 15.2. The summed E-state index contributed by atoms with van der Waals surface area (Å²) in [6, 6.07) is 3.26. The molecule has 0 amide bonds. The van der Waals surface area contributed by atoms with Crippen molar-refractivity contribution in [3.63, 3.8) is 0 Å². The zero-order valence-electron chi connectivity index (χ0n) is 11.0. The summed E-state index contributed by atoms with van der Waals surface area (Å²) in [5, 5.41) is 0. The maximum Gasteiger partial charge on any atom is 0.240 e. The predicted octanol–water partition coefficient (Wildman–Crippen LogP) is 0.0184. The number of halogens is 1. The van der Waals surface area contributed by atoms with Crippen molar-refractivity contribution in [2.75, 3.05) is 45.1 Å². The van der Waals surface area contributed by atoms with Gasteiger partial charge in [-0.15, -0.1) is 0 Å². The molecular weight excluding hydrogens is 285 g/mol. The van der Waals surface area contributed by atoms with Gasteiger partial charge in [0.15, 0.2) is 0 Å². The smallest absolute Gasteiger partial charge is 0.240 e. The van der Waals surface area contributed by atoms with E-state index in [1.165, 1.54) is 6.07 Å². The van der Waals surface area contributed by atoms with Gasteiger partial charge in [-0.2, -0.15) is 0 Å². The molecule has 20 heavy (non-hydrogen) atoms. The van der Waals surface area contributed by atoms with Crippen LogP contribution in [-0.4, -0.2) is 52.7 Å². The third-order valence-electron chi connectivity index (χ3n) is 3.03. The predicted molar refractivity (Wildman–Crippen MR) is 73.3 cm³/mol. The number of hydrogen-bond acceptors (Lipinski definition) is 5. The van der Waals surface area contributed by atoms with E-state index in [1.807, 2.05) is 0 Å². The average Bonchev–Trinajstić information content (AvgIpc) is 2.38. The third kappa shape index (κ3) is 4.14. The highest BCUT2D eigenvalue weighted by Crippen LogP contribution is 2.15. The first-order valence-electron chi connectivity index (χ1n) is 6.33. The van der Waals surface area contributed by atoms with Gasteiger partial charge in [0.25, 0.3) is 0 Å². The van der Waals surface area contributed by atoms with Gasteiger partial charge in [-0.1, -0.05) is 0 Å². The lowest BCUT2D eigenvalue weighted by atomic mass is 10.3. The van der Waals surface area contributed by atoms with Gasteiger partial charge in [-0.3, -0.25) is 4.90 Å². The number of nitrogens with one attached hydrogen (secondary N) is 1. The molecule has 0 unspecified atom stereocenters. The Morgan fingerprint density at radius 2 is 2.00 bits per heavy atom. The van der Waals surface area contributed by atoms with Crippen molar-refractivity contribution in [2.45, 2.75) is 4.90 Å². The van der Waals surface area contributed by atoms with Crippen molar-refractivity contribution >= 4 is 15.7 Å². The minimum absolute atomic E-state index is 0.0820. The molecule has 1 fully saturated rings. The second-order valence-electron chi connectivity index (χ2n) is 4.57. The van der Waals surface area contributed by atoms with Gasteiger partial charge in [0.2, 0.25) is 10.0 Å². The lowest BCUT2D eigenvalue weighted by Crippen LogP contribution is -2.41. The fraction of sp³-hybridized carbons (Fsp3) is 0.500. The Morgan fingerprint density at radius 3 is 2.65 bits per heavy atom. The number of nitrogens with zero attached hydrogens (tertiary/aromatic N) is 1. The molecule has 6 nitrogen and oxygen atoms in total. The van der Waals surface area contributed by atoms with E-state index < -0.39 is 15.8 Å². The summed E-state index contributed by atoms with van der Waals surface area (Å²) in [6.07, 6.45) is 0. The molecule has 1 heterocycles. The average molecular weight is 303 g/mol. The fourth-order valence-corrected chi connectivity index (χ4v) is 3.07. The van der Waals surface area contributed by atoms with Crippen LogP contribution in [0, 0.1) is 5.82 Å². The molecule has 2 rings (SSSR count). The van der Waals surface area contributed by atoms with E-state index in [0.29, 0.717) is 19.8 Å². The van der Waals surface area contributed by atoms with E-state index in [1.54, 1.807) is 0 Å². The summed E-state index contributed by atoms with van der Waals surface area (Å²) in [5.74, 6) is -0.668. The number of sulfonamides is 1. The summed E-state index contributed by atoms with van der Waals surface area (Å²) >= 11 is 0. The molecule has 1 aromatic rings. The van der Waals surface area contributed by atoms with Crippen LogP contribution >= 0.6 is 0 Å². The lowest BCUT2D eigenvalue weighted by Gasteiger charge is -2.26. The molecular formula is C12H18FN3O3S. The molecule has 3 N–H and O–H groups in total. The zero-order valence-corrected chi connectivity index (χ0v) is 11.8. The molecule has 1 saturated heterocycles. The van der Waals surface area contributed by atoms with Crippen molar-refractivity contribution in [2.24, 2.45) is 0 Å². The van der Waals surface area contributed by atoms with Gasteiger partial charge in [-0.25, -0.2) is 17.5 Å². The van der Waals surface area contributed by atoms with Crippen molar-refractivity contribution in [3.8, 4) is 0 Å². The maximum absolute atomic E-state index is 13.2. The summed E-state index contributed by atoms with van der Waals surface area (Å²) in [6.45, 7) is 3.75.